The Bertz CT molecular complexity index is 583. The molecule has 0 aliphatic carbocycles. The molecule has 1 aromatic heterocycles. The molecule has 1 amide bonds. The van der Waals surface area contributed by atoms with Crippen LogP contribution in [0, 0.1) is 6.92 Å². The molecular formula is C15H20ClN3OS. The van der Waals surface area contributed by atoms with Gasteiger partial charge in [0.2, 0.25) is 0 Å². The fourth-order valence-electron chi connectivity index (χ4n) is 1.96. The lowest BCUT2D eigenvalue weighted by molar-refractivity contribution is 0.0931. The van der Waals surface area contributed by atoms with Crippen molar-refractivity contribution in [2.75, 3.05) is 0 Å². The molecule has 1 unspecified atom stereocenters. The van der Waals surface area contributed by atoms with E-state index in [1.54, 1.807) is 5.38 Å². The summed E-state index contributed by atoms with van der Waals surface area (Å²) in [7, 11) is 0. The van der Waals surface area contributed by atoms with Crippen LogP contribution in [0.4, 0.5) is 0 Å². The van der Waals surface area contributed by atoms with Crippen LogP contribution >= 0.6 is 23.7 Å². The molecule has 3 N–H and O–H groups in total. The van der Waals surface area contributed by atoms with Crippen molar-refractivity contribution in [3.8, 4) is 0 Å². The maximum absolute atomic E-state index is 12.2. The number of amides is 1. The SMILES string of the molecule is CCC(NC(=O)c1csc(CN)n1)c1ccc(C)cc1.Cl. The Kier molecular flexibility index (Phi) is 6.81. The number of nitrogens with one attached hydrogen (secondary N) is 1. The maximum atomic E-state index is 12.2. The second-order valence-electron chi connectivity index (χ2n) is 4.68. The molecule has 2 rings (SSSR count). The van der Waals surface area contributed by atoms with Crippen LogP contribution in [0.2, 0.25) is 0 Å². The highest BCUT2D eigenvalue weighted by molar-refractivity contribution is 7.09. The number of carbonyl (C=O) groups is 1. The van der Waals surface area contributed by atoms with E-state index in [1.165, 1.54) is 16.9 Å². The average molecular weight is 326 g/mol. The summed E-state index contributed by atoms with van der Waals surface area (Å²) in [6.45, 7) is 4.47. The normalized spacial score (nSPS) is 11.6. The first-order valence-corrected chi connectivity index (χ1v) is 7.54. The highest BCUT2D eigenvalue weighted by Crippen LogP contribution is 2.18. The number of hydrogen-bond acceptors (Lipinski definition) is 4. The van der Waals surface area contributed by atoms with Crippen molar-refractivity contribution in [3.05, 3.63) is 51.5 Å². The van der Waals surface area contributed by atoms with Crippen molar-refractivity contribution >= 4 is 29.7 Å². The van der Waals surface area contributed by atoms with Gasteiger partial charge in [-0.3, -0.25) is 4.79 Å². The average Bonchev–Trinajstić information content (AvgIpc) is 2.94. The van der Waals surface area contributed by atoms with Crippen LogP contribution in [0.15, 0.2) is 29.6 Å². The van der Waals surface area contributed by atoms with Crippen molar-refractivity contribution in [2.24, 2.45) is 5.73 Å². The third-order valence-electron chi connectivity index (χ3n) is 3.15. The zero-order valence-corrected chi connectivity index (χ0v) is 13.8. The summed E-state index contributed by atoms with van der Waals surface area (Å²) < 4.78 is 0. The van der Waals surface area contributed by atoms with Crippen molar-refractivity contribution in [3.63, 3.8) is 0 Å². The number of hydrogen-bond donors (Lipinski definition) is 2. The largest absolute Gasteiger partial charge is 0.344 e. The summed E-state index contributed by atoms with van der Waals surface area (Å²) in [5.74, 6) is -0.145. The number of aryl methyl sites for hydroxylation is 1. The number of rotatable bonds is 5. The lowest BCUT2D eigenvalue weighted by atomic mass is 10.0. The van der Waals surface area contributed by atoms with Gasteiger partial charge in [-0.2, -0.15) is 0 Å². The lowest BCUT2D eigenvalue weighted by Gasteiger charge is -2.17. The number of halogens is 1. The molecule has 0 aliphatic heterocycles. The molecule has 4 nitrogen and oxygen atoms in total. The Morgan fingerprint density at radius 3 is 2.57 bits per heavy atom. The number of aromatic nitrogens is 1. The van der Waals surface area contributed by atoms with E-state index in [1.807, 2.05) is 6.92 Å². The summed E-state index contributed by atoms with van der Waals surface area (Å²) in [6.07, 6.45) is 0.836. The summed E-state index contributed by atoms with van der Waals surface area (Å²) in [6, 6.07) is 8.22. The number of nitrogens with zero attached hydrogens (tertiary/aromatic N) is 1. The molecule has 0 bridgehead atoms. The molecule has 1 atom stereocenters. The summed E-state index contributed by atoms with van der Waals surface area (Å²) >= 11 is 1.41. The first-order chi connectivity index (χ1) is 9.63. The third kappa shape index (κ3) is 4.52. The molecule has 0 aliphatic rings. The second-order valence-corrected chi connectivity index (χ2v) is 5.62. The molecule has 6 heteroatoms. The molecule has 0 fully saturated rings. The number of carbonyl (C=O) groups excluding carboxylic acids is 1. The molecule has 1 heterocycles. The smallest absolute Gasteiger partial charge is 0.271 e. The molecule has 0 saturated carbocycles. The molecule has 0 radical (unpaired) electrons. The van der Waals surface area contributed by atoms with Crippen LogP contribution in [-0.2, 0) is 6.54 Å². The molecule has 0 saturated heterocycles. The van der Waals surface area contributed by atoms with Gasteiger partial charge < -0.3 is 11.1 Å². The maximum Gasteiger partial charge on any atom is 0.271 e. The quantitative estimate of drug-likeness (QED) is 0.887. The Labute approximate surface area is 135 Å². The van der Waals surface area contributed by atoms with Gasteiger partial charge in [-0.25, -0.2) is 4.98 Å². The predicted octanol–water partition coefficient (Wildman–Crippen LogP) is 3.21. The van der Waals surface area contributed by atoms with E-state index in [2.05, 4.69) is 41.5 Å². The van der Waals surface area contributed by atoms with Gasteiger partial charge in [0.25, 0.3) is 5.91 Å². The second kappa shape index (κ2) is 8.12. The molecule has 2 aromatic rings. The van der Waals surface area contributed by atoms with Crippen LogP contribution in [0.5, 0.6) is 0 Å². The van der Waals surface area contributed by atoms with Crippen molar-refractivity contribution in [2.45, 2.75) is 32.9 Å². The minimum absolute atomic E-state index is 0. The van der Waals surface area contributed by atoms with E-state index in [0.717, 1.165) is 17.0 Å². The number of nitrogens with two attached hydrogens (primary N) is 1. The first-order valence-electron chi connectivity index (χ1n) is 6.66. The monoisotopic (exact) mass is 325 g/mol. The minimum Gasteiger partial charge on any atom is -0.344 e. The van der Waals surface area contributed by atoms with Crippen molar-refractivity contribution in [1.82, 2.24) is 10.3 Å². The summed E-state index contributed by atoms with van der Waals surface area (Å²) in [4.78, 5) is 16.4. The Morgan fingerprint density at radius 1 is 1.38 bits per heavy atom. The van der Waals surface area contributed by atoms with E-state index in [9.17, 15) is 4.79 Å². The summed E-state index contributed by atoms with van der Waals surface area (Å²) in [5.41, 5.74) is 8.28. The van der Waals surface area contributed by atoms with Crippen LogP contribution in [-0.4, -0.2) is 10.9 Å². The van der Waals surface area contributed by atoms with Crippen LogP contribution in [0.3, 0.4) is 0 Å². The zero-order valence-electron chi connectivity index (χ0n) is 12.1. The van der Waals surface area contributed by atoms with Crippen LogP contribution in [0.25, 0.3) is 0 Å². The molecular weight excluding hydrogens is 306 g/mol. The van der Waals surface area contributed by atoms with E-state index in [-0.39, 0.29) is 24.4 Å². The van der Waals surface area contributed by atoms with Gasteiger partial charge in [-0.05, 0) is 18.9 Å². The Morgan fingerprint density at radius 2 is 2.05 bits per heavy atom. The van der Waals surface area contributed by atoms with Crippen molar-refractivity contribution in [1.29, 1.82) is 0 Å². The van der Waals surface area contributed by atoms with Gasteiger partial charge in [0.05, 0.1) is 6.04 Å². The Hall–Kier alpha value is -1.43. The molecule has 114 valence electrons. The molecule has 21 heavy (non-hydrogen) atoms. The fourth-order valence-corrected chi connectivity index (χ4v) is 2.62. The van der Waals surface area contributed by atoms with Gasteiger partial charge in [0.1, 0.15) is 10.7 Å². The fraction of sp³-hybridized carbons (Fsp3) is 0.333. The number of benzene rings is 1. The van der Waals surface area contributed by atoms with Gasteiger partial charge in [-0.15, -0.1) is 23.7 Å². The predicted molar refractivity (Wildman–Crippen MR) is 88.9 cm³/mol. The van der Waals surface area contributed by atoms with E-state index in [0.29, 0.717) is 12.2 Å². The third-order valence-corrected chi connectivity index (χ3v) is 4.02. The van der Waals surface area contributed by atoms with Gasteiger partial charge >= 0.3 is 0 Å². The summed E-state index contributed by atoms with van der Waals surface area (Å²) in [5, 5.41) is 5.55. The highest BCUT2D eigenvalue weighted by atomic mass is 35.5. The first kappa shape index (κ1) is 17.6. The molecule has 1 aromatic carbocycles. The highest BCUT2D eigenvalue weighted by Gasteiger charge is 2.16. The van der Waals surface area contributed by atoms with E-state index >= 15 is 0 Å². The zero-order chi connectivity index (χ0) is 14.5. The minimum atomic E-state index is -0.145. The van der Waals surface area contributed by atoms with Crippen LogP contribution < -0.4 is 11.1 Å². The number of thiazole rings is 1. The van der Waals surface area contributed by atoms with Crippen molar-refractivity contribution < 1.29 is 4.79 Å². The van der Waals surface area contributed by atoms with E-state index < -0.39 is 0 Å². The topological polar surface area (TPSA) is 68.0 Å². The molecule has 0 spiro atoms. The van der Waals surface area contributed by atoms with E-state index in [4.69, 9.17) is 5.73 Å². The standard InChI is InChI=1S/C15H19N3OS.ClH/c1-3-12(11-6-4-10(2)5-7-11)18-15(19)13-9-20-14(8-16)17-13;/h4-7,9,12H,3,8,16H2,1-2H3,(H,18,19);1H. The Balaban J connectivity index is 0.00000220. The van der Waals surface area contributed by atoms with Gasteiger partial charge in [0, 0.05) is 11.9 Å². The van der Waals surface area contributed by atoms with Gasteiger partial charge in [-0.1, -0.05) is 36.8 Å². The lowest BCUT2D eigenvalue weighted by Crippen LogP contribution is -2.28. The van der Waals surface area contributed by atoms with Gasteiger partial charge in [0.15, 0.2) is 0 Å². The van der Waals surface area contributed by atoms with Crippen LogP contribution in [0.1, 0.15) is 46.0 Å².